The molecule has 0 fully saturated rings. The van der Waals surface area contributed by atoms with Gasteiger partial charge in [-0.2, -0.15) is 4.98 Å². The normalized spacial score (nSPS) is 10.2. The molecule has 19 heavy (non-hydrogen) atoms. The van der Waals surface area contributed by atoms with Crippen LogP contribution in [0.3, 0.4) is 0 Å². The fourth-order valence-corrected chi connectivity index (χ4v) is 1.46. The zero-order valence-corrected chi connectivity index (χ0v) is 10.4. The molecule has 0 radical (unpaired) electrons. The summed E-state index contributed by atoms with van der Waals surface area (Å²) in [5.74, 6) is 0.517. The number of aryl methyl sites for hydroxylation is 1. The second kappa shape index (κ2) is 5.38. The summed E-state index contributed by atoms with van der Waals surface area (Å²) in [6.07, 6.45) is 0. The van der Waals surface area contributed by atoms with Crippen LogP contribution >= 0.6 is 0 Å². The van der Waals surface area contributed by atoms with Gasteiger partial charge in [0.15, 0.2) is 18.1 Å². The quantitative estimate of drug-likeness (QED) is 0.877. The van der Waals surface area contributed by atoms with Crippen LogP contribution in [0.15, 0.2) is 22.7 Å². The minimum absolute atomic E-state index is 0.0662. The number of methoxy groups -OCH3 is 1. The molecule has 0 saturated carbocycles. The van der Waals surface area contributed by atoms with E-state index in [1.54, 1.807) is 6.92 Å². The number of aromatic nitrogens is 2. The fraction of sp³-hybridized carbons (Fsp3) is 0.250. The molecule has 1 N–H and O–H groups in total. The maximum Gasteiger partial charge on any atom is 0.335 e. The Morgan fingerprint density at radius 3 is 2.79 bits per heavy atom. The van der Waals surface area contributed by atoms with E-state index in [9.17, 15) is 4.79 Å². The molecule has 0 unspecified atom stereocenters. The van der Waals surface area contributed by atoms with Crippen molar-refractivity contribution in [2.24, 2.45) is 0 Å². The van der Waals surface area contributed by atoms with Crippen LogP contribution in [0.5, 0.6) is 11.5 Å². The van der Waals surface area contributed by atoms with Gasteiger partial charge in [0.1, 0.15) is 0 Å². The molecule has 0 saturated heterocycles. The Morgan fingerprint density at radius 1 is 1.42 bits per heavy atom. The maximum atomic E-state index is 10.9. The molecule has 7 heteroatoms. The summed E-state index contributed by atoms with van der Waals surface area (Å²) in [6, 6.07) is 4.35. The van der Waals surface area contributed by atoms with Crippen molar-refractivity contribution in [3.05, 3.63) is 35.5 Å². The van der Waals surface area contributed by atoms with Crippen molar-refractivity contribution in [1.82, 2.24) is 10.1 Å². The summed E-state index contributed by atoms with van der Waals surface area (Å²) in [4.78, 5) is 14.9. The third kappa shape index (κ3) is 3.01. The highest BCUT2D eigenvalue weighted by atomic mass is 16.5. The summed E-state index contributed by atoms with van der Waals surface area (Å²) in [5.41, 5.74) is 0.111. The van der Waals surface area contributed by atoms with Gasteiger partial charge in [0.05, 0.1) is 12.7 Å². The molecule has 1 aromatic heterocycles. The van der Waals surface area contributed by atoms with Crippen LogP contribution in [0, 0.1) is 6.92 Å². The number of rotatable bonds is 5. The number of hydrogen-bond donors (Lipinski definition) is 1. The number of hydrogen-bond acceptors (Lipinski definition) is 6. The SMILES string of the molecule is COc1ccc(C(=O)O)cc1OCc1noc(C)n1. The zero-order valence-electron chi connectivity index (χ0n) is 10.4. The average molecular weight is 264 g/mol. The molecule has 0 spiro atoms. The van der Waals surface area contributed by atoms with Crippen LogP contribution in [0.1, 0.15) is 22.1 Å². The van der Waals surface area contributed by atoms with Crippen molar-refractivity contribution < 1.29 is 23.9 Å². The minimum Gasteiger partial charge on any atom is -0.493 e. The van der Waals surface area contributed by atoms with Gasteiger partial charge in [-0.3, -0.25) is 0 Å². The molecule has 1 aromatic carbocycles. The summed E-state index contributed by atoms with van der Waals surface area (Å²) in [6.45, 7) is 1.74. The molecular weight excluding hydrogens is 252 g/mol. The molecule has 7 nitrogen and oxygen atoms in total. The molecule has 0 amide bonds. The van der Waals surface area contributed by atoms with E-state index in [0.29, 0.717) is 23.2 Å². The molecule has 100 valence electrons. The lowest BCUT2D eigenvalue weighted by Crippen LogP contribution is -2.02. The lowest BCUT2D eigenvalue weighted by Gasteiger charge is -2.09. The Labute approximate surface area is 108 Å². The fourth-order valence-electron chi connectivity index (χ4n) is 1.46. The Morgan fingerprint density at radius 2 is 2.21 bits per heavy atom. The van der Waals surface area contributed by atoms with Crippen LogP contribution < -0.4 is 9.47 Å². The van der Waals surface area contributed by atoms with E-state index in [-0.39, 0.29) is 12.2 Å². The Hall–Kier alpha value is -2.57. The van der Waals surface area contributed by atoms with Gasteiger partial charge in [0.2, 0.25) is 11.7 Å². The topological polar surface area (TPSA) is 94.7 Å². The Bertz CT molecular complexity index is 594. The maximum absolute atomic E-state index is 10.9. The third-order valence-corrected chi connectivity index (χ3v) is 2.34. The molecule has 0 aliphatic heterocycles. The van der Waals surface area contributed by atoms with Gasteiger partial charge in [-0.1, -0.05) is 5.16 Å². The van der Waals surface area contributed by atoms with Gasteiger partial charge in [0, 0.05) is 6.92 Å². The number of benzene rings is 1. The first-order chi connectivity index (χ1) is 9.10. The van der Waals surface area contributed by atoms with Gasteiger partial charge in [-0.05, 0) is 18.2 Å². The van der Waals surface area contributed by atoms with Crippen LogP contribution in [-0.4, -0.2) is 28.3 Å². The summed E-state index contributed by atoms with van der Waals surface area (Å²) >= 11 is 0. The minimum atomic E-state index is -1.04. The summed E-state index contributed by atoms with van der Waals surface area (Å²) in [7, 11) is 1.47. The highest BCUT2D eigenvalue weighted by molar-refractivity contribution is 5.88. The van der Waals surface area contributed by atoms with Crippen LogP contribution in [0.25, 0.3) is 0 Å². The van der Waals surface area contributed by atoms with E-state index < -0.39 is 5.97 Å². The first-order valence-electron chi connectivity index (χ1n) is 5.43. The molecule has 1 heterocycles. The summed E-state index contributed by atoms with van der Waals surface area (Å²) in [5, 5.41) is 12.6. The third-order valence-electron chi connectivity index (χ3n) is 2.34. The van der Waals surface area contributed by atoms with Crippen molar-refractivity contribution in [2.75, 3.05) is 7.11 Å². The van der Waals surface area contributed by atoms with Gasteiger partial charge >= 0.3 is 5.97 Å². The summed E-state index contributed by atoms with van der Waals surface area (Å²) < 4.78 is 15.3. The largest absolute Gasteiger partial charge is 0.493 e. The van der Waals surface area contributed by atoms with E-state index in [4.69, 9.17) is 19.1 Å². The second-order valence-electron chi connectivity index (χ2n) is 3.69. The molecule has 0 atom stereocenters. The van der Waals surface area contributed by atoms with Gasteiger partial charge in [-0.25, -0.2) is 4.79 Å². The van der Waals surface area contributed by atoms with Crippen LogP contribution in [0.2, 0.25) is 0 Å². The lowest BCUT2D eigenvalue weighted by atomic mass is 10.2. The average Bonchev–Trinajstić information content (AvgIpc) is 2.81. The van der Waals surface area contributed by atoms with Gasteiger partial charge < -0.3 is 19.1 Å². The number of carbonyl (C=O) groups is 1. The molecule has 2 aromatic rings. The molecule has 0 bridgehead atoms. The molecule has 0 aliphatic carbocycles. The van der Waals surface area contributed by atoms with E-state index in [1.807, 2.05) is 0 Å². The van der Waals surface area contributed by atoms with E-state index in [0.717, 1.165) is 0 Å². The van der Waals surface area contributed by atoms with Gasteiger partial charge in [-0.15, -0.1) is 0 Å². The van der Waals surface area contributed by atoms with Gasteiger partial charge in [0.25, 0.3) is 0 Å². The predicted molar refractivity (Wildman–Crippen MR) is 63.3 cm³/mol. The standard InChI is InChI=1S/C12H12N2O5/c1-7-13-11(14-19-7)6-18-10-5-8(12(15)16)3-4-9(10)17-2/h3-5H,6H2,1-2H3,(H,15,16). The Kier molecular flexibility index (Phi) is 3.65. The Balaban J connectivity index is 2.17. The van der Waals surface area contributed by atoms with Crippen molar-refractivity contribution in [1.29, 1.82) is 0 Å². The predicted octanol–water partition coefficient (Wildman–Crippen LogP) is 1.66. The lowest BCUT2D eigenvalue weighted by molar-refractivity contribution is 0.0696. The van der Waals surface area contributed by atoms with E-state index in [2.05, 4.69) is 10.1 Å². The van der Waals surface area contributed by atoms with Crippen LogP contribution in [0.4, 0.5) is 0 Å². The van der Waals surface area contributed by atoms with Crippen molar-refractivity contribution >= 4 is 5.97 Å². The van der Waals surface area contributed by atoms with Crippen LogP contribution in [-0.2, 0) is 6.61 Å². The molecular formula is C12H12N2O5. The molecule has 2 rings (SSSR count). The highest BCUT2D eigenvalue weighted by Crippen LogP contribution is 2.28. The van der Waals surface area contributed by atoms with Crippen molar-refractivity contribution in [2.45, 2.75) is 13.5 Å². The smallest absolute Gasteiger partial charge is 0.335 e. The van der Waals surface area contributed by atoms with E-state index >= 15 is 0 Å². The van der Waals surface area contributed by atoms with Crippen molar-refractivity contribution in [3.8, 4) is 11.5 Å². The monoisotopic (exact) mass is 264 g/mol. The van der Waals surface area contributed by atoms with Crippen molar-refractivity contribution in [3.63, 3.8) is 0 Å². The first kappa shape index (κ1) is 12.9. The number of ether oxygens (including phenoxy) is 2. The van der Waals surface area contributed by atoms with E-state index in [1.165, 1.54) is 25.3 Å². The number of carboxylic acids is 1. The molecule has 0 aliphatic rings. The first-order valence-corrected chi connectivity index (χ1v) is 5.43. The number of aromatic carboxylic acids is 1. The number of nitrogens with zero attached hydrogens (tertiary/aromatic N) is 2. The number of carboxylic acid groups (broad SMARTS) is 1. The zero-order chi connectivity index (χ0) is 13.8. The second-order valence-corrected chi connectivity index (χ2v) is 3.69. The highest BCUT2D eigenvalue weighted by Gasteiger charge is 2.11.